The normalized spacial score (nSPS) is 10.7. The lowest BCUT2D eigenvalue weighted by molar-refractivity contribution is -0.894. The molecule has 0 heterocycles. The molecule has 0 unspecified atom stereocenters. The van der Waals surface area contributed by atoms with Gasteiger partial charge in [-0.05, 0) is 41.0 Å². The third-order valence-electron chi connectivity index (χ3n) is 3.26. The van der Waals surface area contributed by atoms with Crippen molar-refractivity contribution in [3.63, 3.8) is 0 Å². The van der Waals surface area contributed by atoms with Crippen molar-refractivity contribution >= 4 is 11.9 Å². The predicted molar refractivity (Wildman–Crippen MR) is 72.6 cm³/mol. The highest BCUT2D eigenvalue weighted by Crippen LogP contribution is 2.20. The van der Waals surface area contributed by atoms with E-state index in [1.165, 1.54) is 19.6 Å². The molecule has 0 amide bonds. The molecular formula is C14H29NO4. The van der Waals surface area contributed by atoms with Gasteiger partial charge in [0.05, 0.1) is 31.0 Å². The van der Waals surface area contributed by atoms with Gasteiger partial charge in [-0.3, -0.25) is 4.79 Å². The lowest BCUT2D eigenvalue weighted by Crippen LogP contribution is -3.11. The molecule has 0 fully saturated rings. The second-order valence-electron chi connectivity index (χ2n) is 5.00. The number of hydrogen-bond acceptors (Lipinski definition) is 4. The number of esters is 1. The van der Waals surface area contributed by atoms with Gasteiger partial charge in [0.2, 0.25) is 0 Å². The second kappa shape index (κ2) is 10.8. The van der Waals surface area contributed by atoms with Crippen LogP contribution < -0.4 is 10.0 Å². The first-order valence-electron chi connectivity index (χ1n) is 6.95. The van der Waals surface area contributed by atoms with Gasteiger partial charge >= 0.3 is 5.97 Å². The molecule has 0 aromatic carbocycles. The molecule has 0 spiro atoms. The van der Waals surface area contributed by atoms with E-state index < -0.39 is 24.0 Å². The number of hydrogen-bond donors (Lipinski definition) is 1. The van der Waals surface area contributed by atoms with Crippen LogP contribution in [0.15, 0.2) is 0 Å². The van der Waals surface area contributed by atoms with Gasteiger partial charge < -0.3 is 19.5 Å². The summed E-state index contributed by atoms with van der Waals surface area (Å²) in [5.41, 5.74) is -0.616. The van der Waals surface area contributed by atoms with E-state index in [4.69, 9.17) is 0 Å². The Hall–Kier alpha value is -1.10. The van der Waals surface area contributed by atoms with Crippen molar-refractivity contribution in [1.82, 2.24) is 0 Å². The van der Waals surface area contributed by atoms with E-state index in [9.17, 15) is 14.7 Å². The van der Waals surface area contributed by atoms with Crippen LogP contribution in [-0.4, -0.2) is 38.2 Å². The van der Waals surface area contributed by atoms with E-state index in [1.807, 2.05) is 6.92 Å². The van der Waals surface area contributed by atoms with Crippen molar-refractivity contribution in [2.45, 2.75) is 48.0 Å². The topological polar surface area (TPSA) is 70.9 Å². The largest absolute Gasteiger partial charge is 0.546 e. The predicted octanol–water partition coefficient (Wildman–Crippen LogP) is -0.353. The van der Waals surface area contributed by atoms with Crippen LogP contribution in [-0.2, 0) is 14.3 Å². The van der Waals surface area contributed by atoms with Gasteiger partial charge in [-0.25, -0.2) is 0 Å². The van der Waals surface area contributed by atoms with Gasteiger partial charge in [-0.1, -0.05) is 6.92 Å². The van der Waals surface area contributed by atoms with Gasteiger partial charge in [-0.15, -0.1) is 0 Å². The summed E-state index contributed by atoms with van der Waals surface area (Å²) in [6, 6.07) is 0. The highest BCUT2D eigenvalue weighted by atomic mass is 16.6. The van der Waals surface area contributed by atoms with Crippen molar-refractivity contribution in [2.24, 2.45) is 5.41 Å². The Morgan fingerprint density at radius 1 is 1.05 bits per heavy atom. The minimum atomic E-state index is -1.38. The van der Waals surface area contributed by atoms with Crippen LogP contribution in [0.4, 0.5) is 0 Å². The number of rotatable bonds is 7. The summed E-state index contributed by atoms with van der Waals surface area (Å²) >= 11 is 0. The van der Waals surface area contributed by atoms with Crippen LogP contribution in [0.5, 0.6) is 0 Å². The summed E-state index contributed by atoms with van der Waals surface area (Å²) in [7, 11) is 0. The molecule has 0 bridgehead atoms. The van der Waals surface area contributed by atoms with Crippen LogP contribution in [0.3, 0.4) is 0 Å². The van der Waals surface area contributed by atoms with Gasteiger partial charge in [0.15, 0.2) is 0 Å². The molecule has 0 saturated heterocycles. The monoisotopic (exact) mass is 275 g/mol. The van der Waals surface area contributed by atoms with E-state index in [-0.39, 0.29) is 0 Å². The van der Waals surface area contributed by atoms with Crippen LogP contribution in [0.2, 0.25) is 0 Å². The highest BCUT2D eigenvalue weighted by molar-refractivity contribution is 5.78. The summed E-state index contributed by atoms with van der Waals surface area (Å²) in [5, 5.41) is 9.93. The summed E-state index contributed by atoms with van der Waals surface area (Å²) in [6.45, 7) is 15.1. The van der Waals surface area contributed by atoms with Crippen molar-refractivity contribution in [3.8, 4) is 0 Å². The Labute approximate surface area is 116 Å². The average Bonchev–Trinajstić information content (AvgIpc) is 2.38. The molecule has 0 saturated carbocycles. The smallest absolute Gasteiger partial charge is 0.311 e. The molecule has 114 valence electrons. The number of aliphatic carboxylic acids is 1. The van der Waals surface area contributed by atoms with E-state index in [0.717, 1.165) is 0 Å². The molecule has 0 aliphatic carbocycles. The fraction of sp³-hybridized carbons (Fsp3) is 0.857. The zero-order valence-corrected chi connectivity index (χ0v) is 13.2. The standard InChI is InChI=1S/C8H14O4.C6H15N/c1-4-8(2,3)7(11)12-5-6(9)10;1-4-7(5-2)6-3/h4-5H2,1-3H3,(H,9,10);4-6H2,1-3H3. The van der Waals surface area contributed by atoms with E-state index >= 15 is 0 Å². The van der Waals surface area contributed by atoms with Crippen LogP contribution in [0, 0.1) is 5.41 Å². The maximum absolute atomic E-state index is 11.1. The van der Waals surface area contributed by atoms with Gasteiger partial charge in [0.1, 0.15) is 6.61 Å². The molecule has 0 aromatic rings. The molecule has 5 heteroatoms. The third kappa shape index (κ3) is 10.5. The van der Waals surface area contributed by atoms with Crippen LogP contribution in [0.1, 0.15) is 48.0 Å². The second-order valence-corrected chi connectivity index (χ2v) is 5.00. The zero-order valence-electron chi connectivity index (χ0n) is 13.2. The first kappa shape index (κ1) is 20.2. The summed E-state index contributed by atoms with van der Waals surface area (Å²) in [4.78, 5) is 22.7. The fourth-order valence-corrected chi connectivity index (χ4v) is 1.21. The molecule has 0 radical (unpaired) electrons. The fourth-order valence-electron chi connectivity index (χ4n) is 1.21. The van der Waals surface area contributed by atoms with Crippen molar-refractivity contribution < 1.29 is 24.3 Å². The summed E-state index contributed by atoms with van der Waals surface area (Å²) in [6.07, 6.45) is 0.610. The molecule has 0 atom stereocenters. The molecule has 5 nitrogen and oxygen atoms in total. The van der Waals surface area contributed by atoms with Crippen molar-refractivity contribution in [3.05, 3.63) is 0 Å². The van der Waals surface area contributed by atoms with Gasteiger partial charge in [-0.2, -0.15) is 0 Å². The molecule has 0 aliphatic heterocycles. The molecular weight excluding hydrogens is 246 g/mol. The Kier molecular flexibility index (Phi) is 11.5. The third-order valence-corrected chi connectivity index (χ3v) is 3.26. The van der Waals surface area contributed by atoms with Gasteiger partial charge in [0, 0.05) is 0 Å². The SMILES string of the molecule is CCC(C)(C)C(=O)OCC(=O)[O-].CC[NH+](CC)CC. The van der Waals surface area contributed by atoms with E-state index in [2.05, 4.69) is 25.5 Å². The zero-order chi connectivity index (χ0) is 15.5. The first-order chi connectivity index (χ1) is 8.74. The Bertz CT molecular complexity index is 255. The maximum atomic E-state index is 11.1. The van der Waals surface area contributed by atoms with E-state index in [0.29, 0.717) is 6.42 Å². The minimum absolute atomic E-state index is 0.505. The molecule has 19 heavy (non-hydrogen) atoms. The lowest BCUT2D eigenvalue weighted by atomic mass is 9.91. The minimum Gasteiger partial charge on any atom is -0.546 e. The van der Waals surface area contributed by atoms with E-state index in [1.54, 1.807) is 18.7 Å². The Morgan fingerprint density at radius 3 is 1.68 bits per heavy atom. The van der Waals surface area contributed by atoms with Crippen LogP contribution >= 0.6 is 0 Å². The molecule has 0 aromatic heterocycles. The lowest BCUT2D eigenvalue weighted by Gasteiger charge is -2.20. The summed E-state index contributed by atoms with van der Waals surface area (Å²) < 4.78 is 4.46. The number of carboxylic acids is 1. The quantitative estimate of drug-likeness (QED) is 0.645. The number of carboxylic acid groups (broad SMARTS) is 1. The molecule has 1 N–H and O–H groups in total. The summed E-state index contributed by atoms with van der Waals surface area (Å²) in [5.74, 6) is -1.88. The number of carbonyl (C=O) groups is 2. The molecule has 0 rings (SSSR count). The van der Waals surface area contributed by atoms with Crippen molar-refractivity contribution in [2.75, 3.05) is 26.2 Å². The van der Waals surface area contributed by atoms with Crippen LogP contribution in [0.25, 0.3) is 0 Å². The number of quaternary nitrogens is 1. The first-order valence-corrected chi connectivity index (χ1v) is 6.95. The Morgan fingerprint density at radius 2 is 1.47 bits per heavy atom. The maximum Gasteiger partial charge on any atom is 0.311 e. The molecule has 0 aliphatic rings. The number of nitrogens with one attached hydrogen (secondary N) is 1. The Balaban J connectivity index is 0. The number of ether oxygens (including phenoxy) is 1. The number of carbonyl (C=O) groups excluding carboxylic acids is 2. The average molecular weight is 275 g/mol. The van der Waals surface area contributed by atoms with Gasteiger partial charge in [0.25, 0.3) is 0 Å². The highest BCUT2D eigenvalue weighted by Gasteiger charge is 2.26. The van der Waals surface area contributed by atoms with Crippen molar-refractivity contribution in [1.29, 1.82) is 0 Å².